The van der Waals surface area contributed by atoms with E-state index in [4.69, 9.17) is 14.2 Å². The fourth-order valence-electron chi connectivity index (χ4n) is 3.77. The van der Waals surface area contributed by atoms with Gasteiger partial charge in [0, 0.05) is 37.4 Å². The highest BCUT2D eigenvalue weighted by atomic mass is 16.5. The molecule has 1 fully saturated rings. The van der Waals surface area contributed by atoms with Crippen LogP contribution in [0.25, 0.3) is 0 Å². The van der Waals surface area contributed by atoms with Crippen molar-refractivity contribution in [3.63, 3.8) is 0 Å². The second-order valence-electron chi connectivity index (χ2n) is 7.45. The molecule has 172 valence electrons. The zero-order valence-corrected chi connectivity index (χ0v) is 18.9. The number of rotatable bonds is 7. The molecule has 1 N–H and O–H groups in total. The third kappa shape index (κ3) is 4.92. The Morgan fingerprint density at radius 2 is 1.42 bits per heavy atom. The number of methoxy groups -OCH3 is 3. The highest BCUT2D eigenvalue weighted by Gasteiger charge is 2.20. The minimum atomic E-state index is -0.331. The van der Waals surface area contributed by atoms with Crippen LogP contribution in [-0.4, -0.2) is 63.4 Å². The molecule has 9 nitrogen and oxygen atoms in total. The van der Waals surface area contributed by atoms with Crippen molar-refractivity contribution in [1.82, 2.24) is 9.97 Å². The Morgan fingerprint density at radius 3 is 1.97 bits per heavy atom. The first-order valence-corrected chi connectivity index (χ1v) is 10.6. The number of ether oxygens (including phenoxy) is 3. The molecular formula is C24H27N5O4. The zero-order valence-electron chi connectivity index (χ0n) is 18.9. The lowest BCUT2D eigenvalue weighted by atomic mass is 10.1. The van der Waals surface area contributed by atoms with Crippen molar-refractivity contribution in [3.05, 3.63) is 60.4 Å². The lowest BCUT2D eigenvalue weighted by molar-refractivity contribution is 0.102. The van der Waals surface area contributed by atoms with Gasteiger partial charge >= 0.3 is 0 Å². The molecular weight excluding hydrogens is 422 g/mol. The number of benzene rings is 2. The van der Waals surface area contributed by atoms with Gasteiger partial charge in [0.25, 0.3) is 5.91 Å². The summed E-state index contributed by atoms with van der Waals surface area (Å²) in [6, 6.07) is 13.6. The van der Waals surface area contributed by atoms with Gasteiger partial charge in [-0.25, -0.2) is 9.97 Å². The molecule has 2 heterocycles. The third-order valence-electron chi connectivity index (χ3n) is 5.51. The molecule has 33 heavy (non-hydrogen) atoms. The molecule has 4 rings (SSSR count). The number of nitrogens with one attached hydrogen (secondary N) is 1. The Balaban J connectivity index is 1.39. The van der Waals surface area contributed by atoms with Crippen molar-refractivity contribution in [2.75, 3.05) is 62.6 Å². The maximum absolute atomic E-state index is 12.8. The van der Waals surface area contributed by atoms with E-state index in [0.717, 1.165) is 26.2 Å². The first-order valence-electron chi connectivity index (χ1n) is 10.6. The van der Waals surface area contributed by atoms with E-state index in [1.807, 2.05) is 6.07 Å². The quantitative estimate of drug-likeness (QED) is 0.589. The van der Waals surface area contributed by atoms with Crippen LogP contribution in [0.5, 0.6) is 17.2 Å². The molecule has 2 aromatic carbocycles. The summed E-state index contributed by atoms with van der Waals surface area (Å²) in [6.07, 6.45) is 3.23. The Kier molecular flexibility index (Phi) is 6.77. The Labute approximate surface area is 192 Å². The first kappa shape index (κ1) is 22.2. The van der Waals surface area contributed by atoms with Crippen molar-refractivity contribution >= 4 is 23.2 Å². The van der Waals surface area contributed by atoms with Crippen molar-refractivity contribution in [1.29, 1.82) is 0 Å². The minimum Gasteiger partial charge on any atom is -0.493 e. The lowest BCUT2D eigenvalue weighted by Crippen LogP contribution is -2.47. The molecule has 1 saturated heterocycles. The largest absolute Gasteiger partial charge is 0.493 e. The van der Waals surface area contributed by atoms with Gasteiger partial charge in [0.2, 0.25) is 11.7 Å². The molecule has 1 aromatic heterocycles. The summed E-state index contributed by atoms with van der Waals surface area (Å²) < 4.78 is 15.9. The number of carbonyl (C=O) groups excluding carboxylic acids is 1. The van der Waals surface area contributed by atoms with Crippen LogP contribution in [0, 0.1) is 0 Å². The van der Waals surface area contributed by atoms with Crippen LogP contribution in [0.4, 0.5) is 17.3 Å². The third-order valence-corrected chi connectivity index (χ3v) is 5.51. The van der Waals surface area contributed by atoms with E-state index in [1.165, 1.54) is 27.0 Å². The number of nitrogens with zero attached hydrogens (tertiary/aromatic N) is 4. The number of aromatic nitrogens is 2. The van der Waals surface area contributed by atoms with Gasteiger partial charge in [-0.3, -0.25) is 4.79 Å². The van der Waals surface area contributed by atoms with E-state index in [2.05, 4.69) is 49.4 Å². The summed E-state index contributed by atoms with van der Waals surface area (Å²) in [5, 5.41) is 2.81. The van der Waals surface area contributed by atoms with Gasteiger partial charge in [-0.05, 0) is 24.3 Å². The number of anilines is 3. The molecule has 1 aliphatic rings. The number of amides is 1. The maximum Gasteiger partial charge on any atom is 0.256 e. The van der Waals surface area contributed by atoms with Crippen LogP contribution in [0.1, 0.15) is 10.4 Å². The molecule has 3 aromatic rings. The molecule has 0 radical (unpaired) electrons. The number of para-hydroxylation sites is 1. The average Bonchev–Trinajstić information content (AvgIpc) is 2.88. The van der Waals surface area contributed by atoms with Crippen LogP contribution >= 0.6 is 0 Å². The first-order chi connectivity index (χ1) is 16.1. The molecule has 9 heteroatoms. The van der Waals surface area contributed by atoms with Crippen molar-refractivity contribution in [2.24, 2.45) is 0 Å². The SMILES string of the molecule is COc1cc(C(=O)Nc2cnc(N3CCN(c4ccccc4)CC3)nc2)cc(OC)c1OC. The average molecular weight is 450 g/mol. The highest BCUT2D eigenvalue weighted by Crippen LogP contribution is 2.38. The van der Waals surface area contributed by atoms with Gasteiger partial charge in [-0.15, -0.1) is 0 Å². The molecule has 1 amide bonds. The van der Waals surface area contributed by atoms with E-state index in [9.17, 15) is 4.79 Å². The van der Waals surface area contributed by atoms with Gasteiger partial charge in [-0.2, -0.15) is 0 Å². The Hall–Kier alpha value is -4.01. The van der Waals surface area contributed by atoms with Gasteiger partial charge in [0.05, 0.1) is 39.4 Å². The topological polar surface area (TPSA) is 89.1 Å². The summed E-state index contributed by atoms with van der Waals surface area (Å²) in [5.74, 6) is 1.55. The van der Waals surface area contributed by atoms with E-state index in [1.54, 1.807) is 24.5 Å². The molecule has 0 unspecified atom stereocenters. The fraction of sp³-hybridized carbons (Fsp3) is 0.292. The van der Waals surface area contributed by atoms with E-state index >= 15 is 0 Å². The molecule has 0 spiro atoms. The monoisotopic (exact) mass is 449 g/mol. The van der Waals surface area contributed by atoms with Crippen LogP contribution in [0.2, 0.25) is 0 Å². The predicted molar refractivity (Wildman–Crippen MR) is 127 cm³/mol. The molecule has 0 aliphatic carbocycles. The van der Waals surface area contributed by atoms with E-state index in [-0.39, 0.29) is 5.91 Å². The second kappa shape index (κ2) is 10.1. The smallest absolute Gasteiger partial charge is 0.256 e. The Morgan fingerprint density at radius 1 is 0.848 bits per heavy atom. The zero-order chi connectivity index (χ0) is 23.2. The fourth-order valence-corrected chi connectivity index (χ4v) is 3.77. The molecule has 0 bridgehead atoms. The number of hydrogen-bond acceptors (Lipinski definition) is 8. The van der Waals surface area contributed by atoms with Crippen LogP contribution in [-0.2, 0) is 0 Å². The van der Waals surface area contributed by atoms with E-state index < -0.39 is 0 Å². The second-order valence-corrected chi connectivity index (χ2v) is 7.45. The van der Waals surface area contributed by atoms with Crippen LogP contribution < -0.4 is 29.3 Å². The predicted octanol–water partition coefficient (Wildman–Crippen LogP) is 3.08. The summed E-state index contributed by atoms with van der Waals surface area (Å²) >= 11 is 0. The van der Waals surface area contributed by atoms with Gasteiger partial charge in [-0.1, -0.05) is 18.2 Å². The van der Waals surface area contributed by atoms with Crippen molar-refractivity contribution in [2.45, 2.75) is 0 Å². The highest BCUT2D eigenvalue weighted by molar-refractivity contribution is 6.05. The van der Waals surface area contributed by atoms with Gasteiger partial charge in [0.15, 0.2) is 11.5 Å². The standard InChI is InChI=1S/C24H27N5O4/c1-31-20-13-17(14-21(32-2)22(20)33-3)23(30)27-18-15-25-24(26-16-18)29-11-9-28(10-12-29)19-7-5-4-6-8-19/h4-8,13-16H,9-12H2,1-3H3,(H,27,30). The molecule has 0 saturated carbocycles. The number of hydrogen-bond donors (Lipinski definition) is 1. The Bertz CT molecular complexity index is 1060. The lowest BCUT2D eigenvalue weighted by Gasteiger charge is -2.36. The number of piperazine rings is 1. The van der Waals surface area contributed by atoms with E-state index in [0.29, 0.717) is 34.4 Å². The summed E-state index contributed by atoms with van der Waals surface area (Å²) in [7, 11) is 4.52. The minimum absolute atomic E-state index is 0.331. The van der Waals surface area contributed by atoms with Crippen molar-refractivity contribution < 1.29 is 19.0 Å². The normalized spacial score (nSPS) is 13.4. The maximum atomic E-state index is 12.8. The summed E-state index contributed by atoms with van der Waals surface area (Å²) in [4.78, 5) is 26.2. The number of carbonyl (C=O) groups is 1. The van der Waals surface area contributed by atoms with Gasteiger partial charge in [0.1, 0.15) is 0 Å². The summed E-state index contributed by atoms with van der Waals surface area (Å²) in [6.45, 7) is 3.44. The van der Waals surface area contributed by atoms with Crippen LogP contribution in [0.15, 0.2) is 54.9 Å². The summed E-state index contributed by atoms with van der Waals surface area (Å²) in [5.41, 5.74) is 2.09. The van der Waals surface area contributed by atoms with Crippen molar-refractivity contribution in [3.8, 4) is 17.2 Å². The van der Waals surface area contributed by atoms with Crippen LogP contribution in [0.3, 0.4) is 0 Å². The molecule has 0 atom stereocenters. The van der Waals surface area contributed by atoms with Gasteiger partial charge < -0.3 is 29.3 Å². The molecule has 1 aliphatic heterocycles.